The molecular formula is C9H18BFeN3NdO9. The number of carboxylic acid groups (broad SMARTS) is 3. The van der Waals surface area contributed by atoms with Crippen LogP contribution in [0.5, 0.6) is 0 Å². The zero-order valence-corrected chi connectivity index (χ0v) is 16.6. The van der Waals surface area contributed by atoms with Crippen molar-refractivity contribution in [1.82, 2.24) is 0 Å². The van der Waals surface area contributed by atoms with E-state index in [1.165, 1.54) is 0 Å². The first kappa shape index (κ1) is 39.3. The monoisotopic (exact) mass is 521 g/mol. The van der Waals surface area contributed by atoms with Gasteiger partial charge in [0.25, 0.3) is 0 Å². The van der Waals surface area contributed by atoms with Gasteiger partial charge in [0.1, 0.15) is 0 Å². The molecule has 0 aliphatic rings. The Morgan fingerprint density at radius 3 is 0.833 bits per heavy atom. The van der Waals surface area contributed by atoms with E-state index >= 15 is 0 Å². The molecule has 0 aromatic heterocycles. The topological polar surface area (TPSA) is 259 Å². The van der Waals surface area contributed by atoms with E-state index in [1.54, 1.807) is 0 Å². The second kappa shape index (κ2) is 25.3. The number of carboxylic acids is 3. The molecular weight excluding hydrogens is 505 g/mol. The minimum atomic E-state index is -1.43. The molecule has 3 atom stereocenters. The van der Waals surface area contributed by atoms with Gasteiger partial charge in [0.05, 0.1) is 55.9 Å². The quantitative estimate of drug-likeness (QED) is 0.177. The molecule has 0 spiro atoms. The summed E-state index contributed by atoms with van der Waals surface area (Å²) in [5.74, 6) is -4.28. The Bertz CT molecular complexity index is 283. The number of hydrogen-bond donors (Lipinski definition) is 6. The largest absolute Gasteiger partial charge is 3.00 e. The van der Waals surface area contributed by atoms with Crippen molar-refractivity contribution in [2.24, 2.45) is 17.2 Å². The summed E-state index contributed by atoms with van der Waals surface area (Å²) in [6.07, 6.45) is 0. The average molecular weight is 523 g/mol. The van der Waals surface area contributed by atoms with Gasteiger partial charge in [0, 0.05) is 49.3 Å². The average Bonchev–Trinajstić information content (AvgIpc) is 2.45. The fraction of sp³-hybridized carbons (Fsp3) is 0.667. The van der Waals surface area contributed by atoms with Crippen molar-refractivity contribution in [3.8, 4) is 0 Å². The Hall–Kier alpha value is 0.105. The van der Waals surface area contributed by atoms with Gasteiger partial charge in [-0.2, -0.15) is 0 Å². The van der Waals surface area contributed by atoms with Crippen LogP contribution < -0.4 is 32.5 Å². The maximum Gasteiger partial charge on any atom is 3.00 e. The number of rotatable bonds is 6. The number of hydrogen-bond acceptors (Lipinski definition) is 12. The van der Waals surface area contributed by atoms with E-state index in [0.717, 1.165) is 0 Å². The third-order valence-corrected chi connectivity index (χ3v) is 1.50. The van der Waals surface area contributed by atoms with E-state index in [4.69, 9.17) is 32.5 Å². The van der Waals surface area contributed by atoms with Crippen LogP contribution in [0.2, 0.25) is 0 Å². The van der Waals surface area contributed by atoms with E-state index < -0.39 is 55.9 Å². The van der Waals surface area contributed by atoms with E-state index in [1.807, 2.05) is 0 Å². The Morgan fingerprint density at radius 2 is 0.833 bits per heavy atom. The van der Waals surface area contributed by atoms with Crippen LogP contribution >= 0.6 is 0 Å². The first-order valence-electron chi connectivity index (χ1n) is 5.26. The predicted molar refractivity (Wildman–Crippen MR) is 66.0 cm³/mol. The summed E-state index contributed by atoms with van der Waals surface area (Å²) in [6, 6.07) is -3.71. The second-order valence-corrected chi connectivity index (χ2v) is 3.32. The van der Waals surface area contributed by atoms with Crippen LogP contribution in [0.15, 0.2) is 0 Å². The maximum absolute atomic E-state index is 9.53. The zero-order chi connectivity index (χ0) is 17.6. The molecule has 0 fully saturated rings. The molecule has 0 heterocycles. The number of carbonyl (C=O) groups is 3. The minimum absolute atomic E-state index is 0. The van der Waals surface area contributed by atoms with Gasteiger partial charge in [-0.1, -0.05) is 0 Å². The van der Waals surface area contributed by atoms with Crippen molar-refractivity contribution in [2.45, 2.75) is 18.1 Å². The van der Waals surface area contributed by atoms with Crippen molar-refractivity contribution in [3.63, 3.8) is 0 Å². The molecule has 4 radical (unpaired) electrons. The van der Waals surface area contributed by atoms with Gasteiger partial charge in [-0.25, -0.2) is 0 Å². The van der Waals surface area contributed by atoms with Gasteiger partial charge < -0.3 is 62.2 Å². The number of aliphatic hydroxyl groups is 3. The first-order chi connectivity index (χ1) is 9.54. The van der Waals surface area contributed by atoms with Crippen molar-refractivity contribution in [3.05, 3.63) is 0 Å². The summed E-state index contributed by atoms with van der Waals surface area (Å²) in [6.45, 7) is -1.70. The predicted octanol–water partition coefficient (Wildman–Crippen LogP) is -9.22. The number of nitrogens with two attached hydrogens (primary N) is 3. The molecule has 0 unspecified atom stereocenters. The summed E-state index contributed by atoms with van der Waals surface area (Å²) < 4.78 is 0. The van der Waals surface area contributed by atoms with E-state index in [0.29, 0.717) is 0 Å². The molecule has 9 N–H and O–H groups in total. The SMILES string of the molecule is N[C@@H](CO)C(=O)[O-].N[C@@H](CO)C(=O)[O-].N[C@@H](CO)C(=O)[O-].[B].[Fe+3].[Nd]. The third-order valence-electron chi connectivity index (χ3n) is 1.50. The van der Waals surface area contributed by atoms with E-state index in [2.05, 4.69) is 0 Å². The Kier molecular flexibility index (Phi) is 41.5. The standard InChI is InChI=1S/3C3H7NO3.B.Fe.Nd/c3*4-2(1-5)3(6)7;;;/h3*2,5H,1,4H2,(H,6,7);;;/q;;;;+3;/p-3/t3*2-;;;/m000.../s1. The summed E-state index contributed by atoms with van der Waals surface area (Å²) in [4.78, 5) is 28.6. The fourth-order valence-corrected chi connectivity index (χ4v) is 0.224. The molecule has 0 aromatic rings. The van der Waals surface area contributed by atoms with Crippen molar-refractivity contribution >= 4 is 26.3 Å². The summed E-state index contributed by atoms with van der Waals surface area (Å²) >= 11 is 0. The zero-order valence-electron chi connectivity index (χ0n) is 12.3. The van der Waals surface area contributed by atoms with Crippen LogP contribution in [0, 0.1) is 40.8 Å². The van der Waals surface area contributed by atoms with E-state index in [9.17, 15) is 29.7 Å². The normalized spacial score (nSPS) is 11.8. The summed E-state index contributed by atoms with van der Waals surface area (Å²) in [7, 11) is 0. The third kappa shape index (κ3) is 30.0. The molecule has 0 saturated heterocycles. The maximum atomic E-state index is 9.53. The van der Waals surface area contributed by atoms with Crippen molar-refractivity contribution < 1.29 is 103 Å². The summed E-state index contributed by atoms with van der Waals surface area (Å²) in [5, 5.41) is 52.5. The van der Waals surface area contributed by atoms with Crippen LogP contribution in [0.4, 0.5) is 0 Å². The molecule has 0 rings (SSSR count). The van der Waals surface area contributed by atoms with Crippen LogP contribution in [0.1, 0.15) is 0 Å². The molecule has 12 nitrogen and oxygen atoms in total. The van der Waals surface area contributed by atoms with Gasteiger partial charge in [0.2, 0.25) is 0 Å². The van der Waals surface area contributed by atoms with Gasteiger partial charge in [0.15, 0.2) is 0 Å². The second-order valence-electron chi connectivity index (χ2n) is 3.32. The number of aliphatic carboxylic acids is 3. The number of aliphatic hydroxyl groups excluding tert-OH is 3. The molecule has 0 aromatic carbocycles. The molecule has 0 aliphatic heterocycles. The Morgan fingerprint density at radius 1 is 0.708 bits per heavy atom. The van der Waals surface area contributed by atoms with Gasteiger partial charge >= 0.3 is 17.1 Å². The van der Waals surface area contributed by atoms with Crippen LogP contribution in [0.25, 0.3) is 0 Å². The summed E-state index contributed by atoms with van der Waals surface area (Å²) in [5.41, 5.74) is 14.1. The minimum Gasteiger partial charge on any atom is -0.548 e. The van der Waals surface area contributed by atoms with Crippen LogP contribution in [-0.2, 0) is 31.5 Å². The molecule has 24 heavy (non-hydrogen) atoms. The Balaban J connectivity index is -0.0000000476. The van der Waals surface area contributed by atoms with Gasteiger partial charge in [-0.15, -0.1) is 0 Å². The smallest absolute Gasteiger partial charge is 0.548 e. The molecule has 138 valence electrons. The van der Waals surface area contributed by atoms with Gasteiger partial charge in [-0.05, 0) is 0 Å². The van der Waals surface area contributed by atoms with Gasteiger partial charge in [-0.3, -0.25) is 0 Å². The fourth-order valence-electron chi connectivity index (χ4n) is 0.224. The van der Waals surface area contributed by atoms with Crippen LogP contribution in [0.3, 0.4) is 0 Å². The van der Waals surface area contributed by atoms with E-state index in [-0.39, 0.29) is 66.3 Å². The first-order valence-corrected chi connectivity index (χ1v) is 5.26. The van der Waals surface area contributed by atoms with Crippen LogP contribution in [-0.4, -0.2) is 79.6 Å². The molecule has 0 saturated carbocycles. The molecule has 0 aliphatic carbocycles. The van der Waals surface area contributed by atoms with Crippen molar-refractivity contribution in [2.75, 3.05) is 19.8 Å². The molecule has 0 amide bonds. The molecule has 15 heteroatoms. The molecule has 0 bridgehead atoms. The number of carbonyl (C=O) groups excluding carboxylic acids is 3. The Labute approximate surface area is 183 Å². The van der Waals surface area contributed by atoms with Crippen molar-refractivity contribution in [1.29, 1.82) is 0 Å².